The Balaban J connectivity index is 1.23. The summed E-state index contributed by atoms with van der Waals surface area (Å²) in [6.07, 6.45) is 13.7. The number of rotatable bonds is 11. The van der Waals surface area contributed by atoms with Gasteiger partial charge in [0.15, 0.2) is 0 Å². The molecule has 0 amide bonds. The Labute approximate surface area is 236 Å². The fourth-order valence-corrected chi connectivity index (χ4v) is 7.68. The van der Waals surface area contributed by atoms with Crippen molar-refractivity contribution < 1.29 is 0 Å². The molecule has 1 aromatic carbocycles. The molecule has 0 saturated carbocycles. The highest BCUT2D eigenvalue weighted by Crippen LogP contribution is 2.33. The molecular formula is C34H60N4. The van der Waals surface area contributed by atoms with Gasteiger partial charge in [0, 0.05) is 30.7 Å². The van der Waals surface area contributed by atoms with Gasteiger partial charge in [-0.2, -0.15) is 0 Å². The Morgan fingerprint density at radius 1 is 0.737 bits per heavy atom. The SMILES string of the molecule is CC(C)N1CCC(Cc2ccccc2)C(CC(C)N2CCC(N(C)CCC(C)N3CCCCCC3)CC2)C1. The molecule has 0 aliphatic carbocycles. The minimum absolute atomic E-state index is 0.666. The van der Waals surface area contributed by atoms with Crippen LogP contribution in [0.15, 0.2) is 30.3 Å². The number of hydrogen-bond donors (Lipinski definition) is 0. The molecule has 3 aliphatic rings. The highest BCUT2D eigenvalue weighted by Gasteiger charge is 2.33. The van der Waals surface area contributed by atoms with Crippen LogP contribution in [-0.4, -0.2) is 96.6 Å². The van der Waals surface area contributed by atoms with Crippen molar-refractivity contribution in [2.24, 2.45) is 11.8 Å². The lowest BCUT2D eigenvalue weighted by molar-refractivity contribution is 0.0502. The van der Waals surface area contributed by atoms with Gasteiger partial charge in [-0.1, -0.05) is 43.2 Å². The summed E-state index contributed by atoms with van der Waals surface area (Å²) in [4.78, 5) is 11.0. The van der Waals surface area contributed by atoms with Gasteiger partial charge in [0.1, 0.15) is 0 Å². The number of benzene rings is 1. The molecule has 3 heterocycles. The average molecular weight is 525 g/mol. The van der Waals surface area contributed by atoms with Gasteiger partial charge < -0.3 is 19.6 Å². The van der Waals surface area contributed by atoms with Gasteiger partial charge in [0.05, 0.1) is 0 Å². The molecule has 4 unspecified atom stereocenters. The summed E-state index contributed by atoms with van der Waals surface area (Å²) in [5.74, 6) is 1.63. The first kappa shape index (κ1) is 30.0. The summed E-state index contributed by atoms with van der Waals surface area (Å²) in [7, 11) is 2.40. The van der Waals surface area contributed by atoms with E-state index in [1.165, 1.54) is 116 Å². The molecule has 0 aromatic heterocycles. The zero-order chi connectivity index (χ0) is 26.9. The molecule has 38 heavy (non-hydrogen) atoms. The second-order valence-electron chi connectivity index (χ2n) is 13.5. The molecule has 1 aromatic rings. The third-order valence-corrected chi connectivity index (χ3v) is 10.5. The molecule has 0 radical (unpaired) electrons. The normalized spacial score (nSPS) is 27.0. The van der Waals surface area contributed by atoms with Crippen LogP contribution in [0.2, 0.25) is 0 Å². The van der Waals surface area contributed by atoms with Crippen molar-refractivity contribution in [2.75, 3.05) is 52.9 Å². The number of nitrogens with zero attached hydrogens (tertiary/aromatic N) is 4. The average Bonchev–Trinajstić information content (AvgIpc) is 3.23. The second-order valence-corrected chi connectivity index (χ2v) is 13.5. The van der Waals surface area contributed by atoms with E-state index in [-0.39, 0.29) is 0 Å². The quantitative estimate of drug-likeness (QED) is 0.332. The van der Waals surface area contributed by atoms with Gasteiger partial charge in [0.2, 0.25) is 0 Å². The third kappa shape index (κ3) is 8.78. The Morgan fingerprint density at radius 3 is 2.03 bits per heavy atom. The largest absolute Gasteiger partial charge is 0.303 e. The molecule has 0 bridgehead atoms. The number of likely N-dealkylation sites (tertiary alicyclic amines) is 3. The Bertz CT molecular complexity index is 766. The second kappa shape index (κ2) is 15.2. The minimum atomic E-state index is 0.666. The van der Waals surface area contributed by atoms with Crippen LogP contribution < -0.4 is 0 Å². The summed E-state index contributed by atoms with van der Waals surface area (Å²) < 4.78 is 0. The maximum absolute atomic E-state index is 2.83. The van der Waals surface area contributed by atoms with Crippen molar-refractivity contribution in [3.63, 3.8) is 0 Å². The Hall–Kier alpha value is -0.940. The van der Waals surface area contributed by atoms with E-state index in [0.717, 1.165) is 23.9 Å². The van der Waals surface area contributed by atoms with Gasteiger partial charge in [-0.3, -0.25) is 0 Å². The molecular weight excluding hydrogens is 464 g/mol. The van der Waals surface area contributed by atoms with Crippen LogP contribution in [-0.2, 0) is 6.42 Å². The van der Waals surface area contributed by atoms with Crippen molar-refractivity contribution in [1.29, 1.82) is 0 Å². The van der Waals surface area contributed by atoms with Crippen LogP contribution in [0.25, 0.3) is 0 Å². The predicted molar refractivity (Wildman–Crippen MR) is 164 cm³/mol. The van der Waals surface area contributed by atoms with Gasteiger partial charge in [-0.15, -0.1) is 0 Å². The lowest BCUT2D eigenvalue weighted by Crippen LogP contribution is -2.50. The Kier molecular flexibility index (Phi) is 12.0. The number of piperidine rings is 2. The van der Waals surface area contributed by atoms with Crippen molar-refractivity contribution >= 4 is 0 Å². The van der Waals surface area contributed by atoms with Crippen LogP contribution in [0.1, 0.15) is 91.0 Å². The van der Waals surface area contributed by atoms with E-state index in [2.05, 4.69) is 84.7 Å². The first-order chi connectivity index (χ1) is 18.4. The molecule has 4 heteroatoms. The standard InChI is InChI=1S/C34H60N4/c1-28(2)38-22-16-32(26-31-13-9-8-10-14-31)33(27-38)25-30(4)37-23-17-34(18-24-37)35(5)21-15-29(3)36-19-11-6-7-12-20-36/h8-10,13-14,28-30,32-34H,6-7,11-12,15-27H2,1-5H3. The zero-order valence-electron chi connectivity index (χ0n) is 25.7. The van der Waals surface area contributed by atoms with Crippen LogP contribution in [0.3, 0.4) is 0 Å². The van der Waals surface area contributed by atoms with Gasteiger partial charge >= 0.3 is 0 Å². The van der Waals surface area contributed by atoms with E-state index in [1.54, 1.807) is 0 Å². The van der Waals surface area contributed by atoms with E-state index in [1.807, 2.05) is 0 Å². The summed E-state index contributed by atoms with van der Waals surface area (Å²) in [6.45, 7) is 18.8. The molecule has 4 nitrogen and oxygen atoms in total. The molecule has 0 spiro atoms. The molecule has 216 valence electrons. The summed E-state index contributed by atoms with van der Waals surface area (Å²) in [5, 5.41) is 0. The van der Waals surface area contributed by atoms with Crippen LogP contribution in [0.4, 0.5) is 0 Å². The van der Waals surface area contributed by atoms with Crippen molar-refractivity contribution in [3.05, 3.63) is 35.9 Å². The van der Waals surface area contributed by atoms with E-state index in [9.17, 15) is 0 Å². The first-order valence-corrected chi connectivity index (χ1v) is 16.4. The highest BCUT2D eigenvalue weighted by molar-refractivity contribution is 5.15. The van der Waals surface area contributed by atoms with Crippen molar-refractivity contribution in [1.82, 2.24) is 19.6 Å². The molecule has 3 fully saturated rings. The zero-order valence-corrected chi connectivity index (χ0v) is 25.7. The topological polar surface area (TPSA) is 13.0 Å². The lowest BCUT2D eigenvalue weighted by atomic mass is 9.77. The Morgan fingerprint density at radius 2 is 1.37 bits per heavy atom. The maximum Gasteiger partial charge on any atom is 0.0117 e. The monoisotopic (exact) mass is 524 g/mol. The lowest BCUT2D eigenvalue weighted by Gasteiger charge is -2.44. The van der Waals surface area contributed by atoms with Crippen LogP contribution in [0.5, 0.6) is 0 Å². The predicted octanol–water partition coefficient (Wildman–Crippen LogP) is 6.41. The van der Waals surface area contributed by atoms with E-state index in [4.69, 9.17) is 0 Å². The highest BCUT2D eigenvalue weighted by atomic mass is 15.2. The smallest absolute Gasteiger partial charge is 0.0117 e. The minimum Gasteiger partial charge on any atom is -0.303 e. The maximum atomic E-state index is 2.83. The number of hydrogen-bond acceptors (Lipinski definition) is 4. The third-order valence-electron chi connectivity index (χ3n) is 10.5. The molecule has 4 rings (SSSR count). The van der Waals surface area contributed by atoms with E-state index >= 15 is 0 Å². The molecule has 4 atom stereocenters. The van der Waals surface area contributed by atoms with Crippen molar-refractivity contribution in [2.45, 2.75) is 116 Å². The van der Waals surface area contributed by atoms with E-state index in [0.29, 0.717) is 12.1 Å². The van der Waals surface area contributed by atoms with Crippen LogP contribution >= 0.6 is 0 Å². The fourth-order valence-electron chi connectivity index (χ4n) is 7.68. The molecule has 0 N–H and O–H groups in total. The fraction of sp³-hybridized carbons (Fsp3) is 0.824. The van der Waals surface area contributed by atoms with Crippen molar-refractivity contribution in [3.8, 4) is 0 Å². The molecule has 3 saturated heterocycles. The van der Waals surface area contributed by atoms with Gasteiger partial charge in [-0.25, -0.2) is 0 Å². The summed E-state index contributed by atoms with van der Waals surface area (Å²) in [6, 6.07) is 14.1. The van der Waals surface area contributed by atoms with E-state index < -0.39 is 0 Å². The van der Waals surface area contributed by atoms with Gasteiger partial charge in [-0.05, 0) is 143 Å². The summed E-state index contributed by atoms with van der Waals surface area (Å²) >= 11 is 0. The van der Waals surface area contributed by atoms with Crippen LogP contribution in [0, 0.1) is 11.8 Å². The van der Waals surface area contributed by atoms with Gasteiger partial charge in [0.25, 0.3) is 0 Å². The molecule has 3 aliphatic heterocycles. The summed E-state index contributed by atoms with van der Waals surface area (Å²) in [5.41, 5.74) is 1.53. The first-order valence-electron chi connectivity index (χ1n) is 16.4.